The molecule has 0 N–H and O–H groups in total. The lowest BCUT2D eigenvalue weighted by molar-refractivity contribution is 0.00578. The lowest BCUT2D eigenvalue weighted by Gasteiger charge is -2.32. The van der Waals surface area contributed by atoms with E-state index >= 15 is 0 Å². The third kappa shape index (κ3) is 2.98. The highest BCUT2D eigenvalue weighted by Crippen LogP contribution is 2.37. The van der Waals surface area contributed by atoms with Gasteiger partial charge in [0.25, 0.3) is 0 Å². The molecule has 114 valence electrons. The summed E-state index contributed by atoms with van der Waals surface area (Å²) in [7, 11) is 1.49. The summed E-state index contributed by atoms with van der Waals surface area (Å²) in [6, 6.07) is 0. The molecule has 0 saturated carbocycles. The fourth-order valence-electron chi connectivity index (χ4n) is 2.20. The maximum Gasteiger partial charge on any atom is 0.498 e. The summed E-state index contributed by atoms with van der Waals surface area (Å²) in [4.78, 5) is 0. The van der Waals surface area contributed by atoms with Crippen LogP contribution in [0.25, 0.3) is 5.57 Å². The minimum atomic E-state index is -0.413. The molecule has 1 aliphatic heterocycles. The van der Waals surface area contributed by atoms with Crippen LogP contribution in [0.5, 0.6) is 0 Å². The summed E-state index contributed by atoms with van der Waals surface area (Å²) in [6.07, 6.45) is 5.78. The molecule has 0 bridgehead atoms. The van der Waals surface area contributed by atoms with Crippen molar-refractivity contribution in [2.24, 2.45) is 7.05 Å². The van der Waals surface area contributed by atoms with E-state index in [4.69, 9.17) is 9.31 Å². The third-order valence-corrected chi connectivity index (χ3v) is 4.59. The average molecular weight is 306 g/mol. The van der Waals surface area contributed by atoms with Crippen LogP contribution in [0, 0.1) is 0 Å². The van der Waals surface area contributed by atoms with Crippen LogP contribution < -0.4 is 5.46 Å². The van der Waals surface area contributed by atoms with Crippen LogP contribution in [0.3, 0.4) is 0 Å². The Hall–Kier alpha value is -0.975. The number of aromatic nitrogens is 2. The fourth-order valence-corrected chi connectivity index (χ4v) is 2.66. The second kappa shape index (κ2) is 5.67. The van der Waals surface area contributed by atoms with E-state index < -0.39 is 7.12 Å². The molecule has 1 fully saturated rings. The maximum absolute atomic E-state index is 6.13. The first-order chi connectivity index (χ1) is 9.71. The van der Waals surface area contributed by atoms with Gasteiger partial charge in [0.15, 0.2) is 0 Å². The smallest absolute Gasteiger partial charge is 0.399 e. The molecule has 6 heteroatoms. The van der Waals surface area contributed by atoms with Crippen molar-refractivity contribution in [3.63, 3.8) is 0 Å². The van der Waals surface area contributed by atoms with E-state index in [1.807, 2.05) is 31.0 Å². The van der Waals surface area contributed by atoms with E-state index in [0.29, 0.717) is 0 Å². The fraction of sp³-hybridized carbons (Fsp3) is 0.533. The van der Waals surface area contributed by atoms with Crippen molar-refractivity contribution in [2.45, 2.75) is 38.9 Å². The number of allylic oxidation sites excluding steroid dienone is 2. The molecule has 2 heterocycles. The standard InChI is InChI=1S/C15H23BN2O2S/c1-8-11(10-21-7)13-12(9-18(6)17-13)16-19-14(2,3)15(4,5)20-16/h8-10H,1H2,2-7H3/b11-10+. The lowest BCUT2D eigenvalue weighted by atomic mass is 9.78. The molecule has 1 aromatic heterocycles. The minimum Gasteiger partial charge on any atom is -0.399 e. The van der Waals surface area contributed by atoms with Crippen molar-refractivity contribution >= 4 is 29.9 Å². The van der Waals surface area contributed by atoms with E-state index in [2.05, 4.69) is 39.4 Å². The first-order valence-electron chi connectivity index (χ1n) is 6.97. The molecule has 1 aliphatic rings. The molecule has 0 amide bonds. The van der Waals surface area contributed by atoms with Gasteiger partial charge < -0.3 is 9.31 Å². The van der Waals surface area contributed by atoms with Crippen molar-refractivity contribution in [3.8, 4) is 0 Å². The Morgan fingerprint density at radius 1 is 1.33 bits per heavy atom. The van der Waals surface area contributed by atoms with Crippen molar-refractivity contribution in [1.82, 2.24) is 9.78 Å². The third-order valence-electron chi connectivity index (χ3n) is 4.10. The Bertz CT molecular complexity index is 562. The van der Waals surface area contributed by atoms with Crippen LogP contribution >= 0.6 is 11.8 Å². The van der Waals surface area contributed by atoms with Gasteiger partial charge in [0, 0.05) is 24.3 Å². The van der Waals surface area contributed by atoms with Crippen molar-refractivity contribution in [1.29, 1.82) is 0 Å². The molecule has 4 nitrogen and oxygen atoms in total. The number of aryl methyl sites for hydroxylation is 1. The Kier molecular flexibility index (Phi) is 4.43. The van der Waals surface area contributed by atoms with E-state index in [1.54, 1.807) is 16.4 Å². The topological polar surface area (TPSA) is 36.3 Å². The largest absolute Gasteiger partial charge is 0.498 e. The molecule has 0 unspecified atom stereocenters. The maximum atomic E-state index is 6.13. The number of hydrogen-bond donors (Lipinski definition) is 0. The second-order valence-electron chi connectivity index (χ2n) is 6.21. The Morgan fingerprint density at radius 3 is 2.38 bits per heavy atom. The van der Waals surface area contributed by atoms with Gasteiger partial charge in [-0.3, -0.25) is 4.68 Å². The van der Waals surface area contributed by atoms with Gasteiger partial charge in [-0.1, -0.05) is 12.7 Å². The van der Waals surface area contributed by atoms with Crippen LogP contribution in [0.15, 0.2) is 24.3 Å². The predicted molar refractivity (Wildman–Crippen MR) is 90.6 cm³/mol. The molecule has 1 saturated heterocycles. The van der Waals surface area contributed by atoms with Crippen molar-refractivity contribution < 1.29 is 9.31 Å². The van der Waals surface area contributed by atoms with Crippen LogP contribution in [0.4, 0.5) is 0 Å². The van der Waals surface area contributed by atoms with Crippen LogP contribution in [0.2, 0.25) is 0 Å². The van der Waals surface area contributed by atoms with Crippen LogP contribution in [-0.4, -0.2) is 34.4 Å². The SMILES string of the molecule is C=C/C(=C\SC)c1nn(C)cc1B1OC(C)(C)C(C)(C)O1. The summed E-state index contributed by atoms with van der Waals surface area (Å²) in [5, 5.41) is 6.58. The molecule has 0 spiro atoms. The van der Waals surface area contributed by atoms with Crippen molar-refractivity contribution in [3.05, 3.63) is 30.0 Å². The number of thioether (sulfide) groups is 1. The van der Waals surface area contributed by atoms with Gasteiger partial charge in [0.2, 0.25) is 0 Å². The molecular weight excluding hydrogens is 283 g/mol. The highest BCUT2D eigenvalue weighted by Gasteiger charge is 2.52. The quantitative estimate of drug-likeness (QED) is 0.633. The van der Waals surface area contributed by atoms with E-state index in [1.165, 1.54) is 0 Å². The number of hydrogen-bond acceptors (Lipinski definition) is 4. The highest BCUT2D eigenvalue weighted by atomic mass is 32.2. The monoisotopic (exact) mass is 306 g/mol. The second-order valence-corrected chi connectivity index (χ2v) is 6.92. The first kappa shape index (κ1) is 16.4. The van der Waals surface area contributed by atoms with Gasteiger partial charge in [0.05, 0.1) is 16.9 Å². The molecule has 0 aliphatic carbocycles. The van der Waals surface area contributed by atoms with Gasteiger partial charge in [-0.2, -0.15) is 5.10 Å². The number of rotatable bonds is 4. The van der Waals surface area contributed by atoms with Crippen LogP contribution in [0.1, 0.15) is 33.4 Å². The van der Waals surface area contributed by atoms with Gasteiger partial charge >= 0.3 is 7.12 Å². The van der Waals surface area contributed by atoms with Crippen LogP contribution in [-0.2, 0) is 16.4 Å². The highest BCUT2D eigenvalue weighted by molar-refractivity contribution is 8.01. The molecule has 21 heavy (non-hydrogen) atoms. The molecule has 1 aromatic rings. The number of nitrogens with zero attached hydrogens (tertiary/aromatic N) is 2. The van der Waals surface area contributed by atoms with Gasteiger partial charge in [0.1, 0.15) is 0 Å². The molecular formula is C15H23BN2O2S. The summed E-state index contributed by atoms with van der Waals surface area (Å²) in [6.45, 7) is 12.1. The predicted octanol–water partition coefficient (Wildman–Crippen LogP) is 2.61. The van der Waals surface area contributed by atoms with Gasteiger partial charge in [-0.15, -0.1) is 11.8 Å². The summed E-state index contributed by atoms with van der Waals surface area (Å²) in [5.41, 5.74) is 2.06. The minimum absolute atomic E-state index is 0.359. The first-order valence-corrected chi connectivity index (χ1v) is 8.25. The summed E-state index contributed by atoms with van der Waals surface area (Å²) < 4.78 is 14.1. The zero-order chi connectivity index (χ0) is 15.8. The molecule has 0 aromatic carbocycles. The van der Waals surface area contributed by atoms with Crippen molar-refractivity contribution in [2.75, 3.05) is 6.26 Å². The zero-order valence-corrected chi connectivity index (χ0v) is 14.5. The molecule has 0 atom stereocenters. The summed E-state index contributed by atoms with van der Waals surface area (Å²) >= 11 is 1.63. The zero-order valence-electron chi connectivity index (χ0n) is 13.6. The van der Waals surface area contributed by atoms with E-state index in [-0.39, 0.29) is 11.2 Å². The van der Waals surface area contributed by atoms with Gasteiger partial charge in [-0.05, 0) is 39.4 Å². The van der Waals surface area contributed by atoms with E-state index in [9.17, 15) is 0 Å². The lowest BCUT2D eigenvalue weighted by Crippen LogP contribution is -2.41. The Labute approximate surface area is 131 Å². The Morgan fingerprint density at radius 2 is 1.90 bits per heavy atom. The van der Waals surface area contributed by atoms with Gasteiger partial charge in [-0.25, -0.2) is 0 Å². The summed E-state index contributed by atoms with van der Waals surface area (Å²) in [5.74, 6) is 0. The molecule has 2 rings (SSSR count). The normalized spacial score (nSPS) is 20.9. The Balaban J connectivity index is 2.43. The molecule has 0 radical (unpaired) electrons. The van der Waals surface area contributed by atoms with E-state index in [0.717, 1.165) is 16.7 Å². The average Bonchev–Trinajstić information content (AvgIpc) is 2.85.